The highest BCUT2D eigenvalue weighted by molar-refractivity contribution is 5.93. The van der Waals surface area contributed by atoms with Gasteiger partial charge >= 0.3 is 0 Å². The first kappa shape index (κ1) is 17.3. The van der Waals surface area contributed by atoms with Crippen molar-refractivity contribution in [2.75, 3.05) is 13.1 Å². The van der Waals surface area contributed by atoms with Crippen LogP contribution in [0.15, 0.2) is 40.3 Å². The first-order chi connectivity index (χ1) is 9.49. The van der Waals surface area contributed by atoms with Gasteiger partial charge in [0, 0.05) is 13.1 Å². The van der Waals surface area contributed by atoms with Crippen LogP contribution in [0.1, 0.15) is 32.3 Å². The molecule has 0 aliphatic carbocycles. The van der Waals surface area contributed by atoms with E-state index in [1.807, 2.05) is 49.1 Å². The number of rotatable bonds is 2. The van der Waals surface area contributed by atoms with Gasteiger partial charge in [-0.1, -0.05) is 30.3 Å². The molecule has 1 heterocycles. The van der Waals surface area contributed by atoms with Gasteiger partial charge < -0.3 is 16.4 Å². The SMILES string of the molecule is CC(C)(N=C(N)N=C(N)N1CCCC1)c1ccccc1.Cl. The molecule has 0 aromatic heterocycles. The zero-order valence-electron chi connectivity index (χ0n) is 12.6. The topological polar surface area (TPSA) is 80.0 Å². The minimum absolute atomic E-state index is 0. The van der Waals surface area contributed by atoms with Gasteiger partial charge in [0.25, 0.3) is 0 Å². The third kappa shape index (κ3) is 4.63. The number of likely N-dealkylation sites (tertiary alicyclic amines) is 1. The van der Waals surface area contributed by atoms with E-state index in [-0.39, 0.29) is 18.4 Å². The molecule has 1 aromatic rings. The molecule has 0 amide bonds. The van der Waals surface area contributed by atoms with Crippen LogP contribution in [0.25, 0.3) is 0 Å². The van der Waals surface area contributed by atoms with Crippen molar-refractivity contribution in [3.05, 3.63) is 35.9 Å². The number of aliphatic imine (C=N–C) groups is 2. The third-order valence-electron chi connectivity index (χ3n) is 3.53. The summed E-state index contributed by atoms with van der Waals surface area (Å²) < 4.78 is 0. The fourth-order valence-corrected chi connectivity index (χ4v) is 2.36. The molecule has 1 fully saturated rings. The maximum Gasteiger partial charge on any atom is 0.219 e. The number of guanidine groups is 2. The third-order valence-corrected chi connectivity index (χ3v) is 3.53. The summed E-state index contributed by atoms with van der Waals surface area (Å²) in [5, 5.41) is 0. The van der Waals surface area contributed by atoms with Crippen molar-refractivity contribution < 1.29 is 0 Å². The predicted octanol–water partition coefficient (Wildman–Crippen LogP) is 2.07. The molecule has 0 radical (unpaired) electrons. The summed E-state index contributed by atoms with van der Waals surface area (Å²) in [5.74, 6) is 0.691. The number of halogens is 1. The molecule has 2 rings (SSSR count). The Balaban J connectivity index is 0.00000220. The molecule has 21 heavy (non-hydrogen) atoms. The van der Waals surface area contributed by atoms with Gasteiger partial charge in [-0.2, -0.15) is 4.99 Å². The van der Waals surface area contributed by atoms with E-state index < -0.39 is 5.54 Å². The summed E-state index contributed by atoms with van der Waals surface area (Å²) in [6, 6.07) is 10.0. The molecular formula is C15H24ClN5. The van der Waals surface area contributed by atoms with Crippen molar-refractivity contribution in [2.45, 2.75) is 32.2 Å². The number of hydrogen-bond donors (Lipinski definition) is 2. The van der Waals surface area contributed by atoms with Crippen LogP contribution < -0.4 is 11.5 Å². The molecule has 0 saturated carbocycles. The Morgan fingerprint density at radius 3 is 2.24 bits per heavy atom. The lowest BCUT2D eigenvalue weighted by Crippen LogP contribution is -2.36. The monoisotopic (exact) mass is 309 g/mol. The van der Waals surface area contributed by atoms with Crippen molar-refractivity contribution in [3.8, 4) is 0 Å². The van der Waals surface area contributed by atoms with E-state index >= 15 is 0 Å². The molecule has 0 bridgehead atoms. The van der Waals surface area contributed by atoms with E-state index in [4.69, 9.17) is 11.5 Å². The van der Waals surface area contributed by atoms with Crippen LogP contribution in [0.3, 0.4) is 0 Å². The minimum atomic E-state index is -0.417. The summed E-state index contributed by atoms with van der Waals surface area (Å²) in [7, 11) is 0. The van der Waals surface area contributed by atoms with Gasteiger partial charge in [0.15, 0.2) is 5.96 Å². The van der Waals surface area contributed by atoms with E-state index in [0.717, 1.165) is 31.5 Å². The normalized spacial score (nSPS) is 16.8. The minimum Gasteiger partial charge on any atom is -0.369 e. The van der Waals surface area contributed by atoms with Crippen molar-refractivity contribution in [3.63, 3.8) is 0 Å². The van der Waals surface area contributed by atoms with Gasteiger partial charge in [0.2, 0.25) is 5.96 Å². The van der Waals surface area contributed by atoms with Crippen molar-refractivity contribution in [2.24, 2.45) is 21.5 Å². The second-order valence-electron chi connectivity index (χ2n) is 5.56. The largest absolute Gasteiger partial charge is 0.369 e. The Labute approximate surface area is 132 Å². The molecule has 6 heteroatoms. The van der Waals surface area contributed by atoms with Crippen LogP contribution in [0.2, 0.25) is 0 Å². The Morgan fingerprint density at radius 2 is 1.67 bits per heavy atom. The highest BCUT2D eigenvalue weighted by atomic mass is 35.5. The highest BCUT2D eigenvalue weighted by Crippen LogP contribution is 2.24. The van der Waals surface area contributed by atoms with Gasteiger partial charge in [-0.25, -0.2) is 4.99 Å². The van der Waals surface area contributed by atoms with E-state index in [0.29, 0.717) is 5.96 Å². The maximum atomic E-state index is 5.95. The lowest BCUT2D eigenvalue weighted by molar-refractivity contribution is 0.513. The molecule has 1 aliphatic rings. The lowest BCUT2D eigenvalue weighted by atomic mass is 9.95. The molecular weight excluding hydrogens is 286 g/mol. The van der Waals surface area contributed by atoms with E-state index in [2.05, 4.69) is 9.98 Å². The second kappa shape index (κ2) is 7.31. The summed E-state index contributed by atoms with van der Waals surface area (Å²) in [6.45, 7) is 5.92. The average Bonchev–Trinajstić information content (AvgIpc) is 2.93. The molecule has 5 nitrogen and oxygen atoms in total. The van der Waals surface area contributed by atoms with Crippen LogP contribution in [0, 0.1) is 0 Å². The van der Waals surface area contributed by atoms with Crippen molar-refractivity contribution in [1.82, 2.24) is 4.90 Å². The first-order valence-corrected chi connectivity index (χ1v) is 6.99. The smallest absolute Gasteiger partial charge is 0.219 e. The Hall–Kier alpha value is -1.75. The fraction of sp³-hybridized carbons (Fsp3) is 0.467. The van der Waals surface area contributed by atoms with Gasteiger partial charge in [-0.15, -0.1) is 12.4 Å². The van der Waals surface area contributed by atoms with Crippen LogP contribution in [-0.2, 0) is 5.54 Å². The van der Waals surface area contributed by atoms with Gasteiger partial charge in [-0.3, -0.25) is 0 Å². The molecule has 0 spiro atoms. The maximum absolute atomic E-state index is 5.95. The Bertz CT molecular complexity index is 504. The molecule has 116 valence electrons. The Kier molecular flexibility index (Phi) is 6.03. The first-order valence-electron chi connectivity index (χ1n) is 6.99. The second-order valence-corrected chi connectivity index (χ2v) is 5.56. The lowest BCUT2D eigenvalue weighted by Gasteiger charge is -2.21. The van der Waals surface area contributed by atoms with Gasteiger partial charge in [-0.05, 0) is 32.3 Å². The molecule has 4 N–H and O–H groups in total. The van der Waals surface area contributed by atoms with Crippen LogP contribution in [0.5, 0.6) is 0 Å². The quantitative estimate of drug-likeness (QED) is 0.648. The Morgan fingerprint density at radius 1 is 1.10 bits per heavy atom. The zero-order valence-corrected chi connectivity index (χ0v) is 13.4. The van der Waals surface area contributed by atoms with E-state index in [1.165, 1.54) is 0 Å². The van der Waals surface area contributed by atoms with Crippen molar-refractivity contribution >= 4 is 24.3 Å². The van der Waals surface area contributed by atoms with Gasteiger partial charge in [0.1, 0.15) is 0 Å². The number of benzene rings is 1. The summed E-state index contributed by atoms with van der Waals surface area (Å²) >= 11 is 0. The molecule has 1 aliphatic heterocycles. The van der Waals surface area contributed by atoms with Crippen LogP contribution in [0.4, 0.5) is 0 Å². The molecule has 1 saturated heterocycles. The zero-order chi connectivity index (χ0) is 14.6. The summed E-state index contributed by atoms with van der Waals surface area (Å²) in [4.78, 5) is 10.7. The van der Waals surface area contributed by atoms with E-state index in [9.17, 15) is 0 Å². The summed E-state index contributed by atoms with van der Waals surface area (Å²) in [6.07, 6.45) is 2.31. The van der Waals surface area contributed by atoms with Crippen LogP contribution >= 0.6 is 12.4 Å². The molecule has 1 aromatic carbocycles. The number of nitrogens with two attached hydrogens (primary N) is 2. The summed E-state index contributed by atoms with van der Waals surface area (Å²) in [5.41, 5.74) is 12.6. The highest BCUT2D eigenvalue weighted by Gasteiger charge is 2.20. The number of nitrogens with zero attached hydrogens (tertiary/aromatic N) is 3. The number of hydrogen-bond acceptors (Lipinski definition) is 1. The average molecular weight is 310 g/mol. The van der Waals surface area contributed by atoms with Crippen molar-refractivity contribution in [1.29, 1.82) is 0 Å². The van der Waals surface area contributed by atoms with Gasteiger partial charge in [0.05, 0.1) is 5.54 Å². The molecule has 0 atom stereocenters. The fourth-order valence-electron chi connectivity index (χ4n) is 2.36. The van der Waals surface area contributed by atoms with Crippen LogP contribution in [-0.4, -0.2) is 29.9 Å². The van der Waals surface area contributed by atoms with E-state index in [1.54, 1.807) is 0 Å². The molecule has 0 unspecified atom stereocenters. The standard InChI is InChI=1S/C15H23N5.ClH/c1-15(2,12-8-4-3-5-9-12)19-13(16)18-14(17)20-10-6-7-11-20;/h3-5,8-9H,6-7,10-11H2,1-2H3,(H4,16,17,18,19);1H. The predicted molar refractivity (Wildman–Crippen MR) is 90.8 cm³/mol.